The zero-order valence-corrected chi connectivity index (χ0v) is 10.9. The van der Waals surface area contributed by atoms with E-state index in [0.717, 1.165) is 0 Å². The molecular weight excluding hydrogens is 293 g/mol. The minimum Gasteiger partial charge on any atom is -0.391 e. The largest absolute Gasteiger partial charge is 0.391 e. The van der Waals surface area contributed by atoms with Crippen molar-refractivity contribution in [2.45, 2.75) is 26.0 Å². The number of benzene rings is 1. The molecule has 3 N–H and O–H groups in total. The summed E-state index contributed by atoms with van der Waals surface area (Å²) in [5, 5.41) is 9.55. The maximum absolute atomic E-state index is 13.4. The number of hydrogen-bond acceptors (Lipinski definition) is 2. The van der Waals surface area contributed by atoms with E-state index in [1.165, 1.54) is 13.8 Å². The van der Waals surface area contributed by atoms with Crippen LogP contribution in [0.25, 0.3) is 0 Å². The Bertz CT molecular complexity index is 440. The number of aliphatic hydroxyl groups excluding tert-OH is 1. The zero-order chi connectivity index (χ0) is 14.2. The van der Waals surface area contributed by atoms with E-state index in [1.54, 1.807) is 0 Å². The van der Waals surface area contributed by atoms with Crippen molar-refractivity contribution in [1.29, 1.82) is 0 Å². The number of nitrogens with two attached hydrogens (primary N) is 1. The van der Waals surface area contributed by atoms with Crippen molar-refractivity contribution in [3.63, 3.8) is 0 Å². The lowest BCUT2D eigenvalue weighted by atomic mass is 9.93. The fourth-order valence-corrected chi connectivity index (χ4v) is 1.50. The molecule has 8 heteroatoms. The third kappa shape index (κ3) is 3.16. The quantitative estimate of drug-likeness (QED) is 0.512. The van der Waals surface area contributed by atoms with E-state index in [4.69, 9.17) is 5.73 Å². The van der Waals surface area contributed by atoms with Crippen LogP contribution in [-0.2, 0) is 0 Å². The van der Waals surface area contributed by atoms with Crippen LogP contribution in [0.5, 0.6) is 0 Å². The van der Waals surface area contributed by atoms with Gasteiger partial charge >= 0.3 is 0 Å². The maximum Gasteiger partial charge on any atom is 0.200 e. The first kappa shape index (κ1) is 18.1. The highest BCUT2D eigenvalue weighted by Crippen LogP contribution is 2.29. The highest BCUT2D eigenvalue weighted by Gasteiger charge is 2.32. The Hall–Kier alpha value is -0.920. The van der Waals surface area contributed by atoms with Crippen LogP contribution in [0, 0.1) is 35.0 Å². The number of rotatable bonds is 3. The van der Waals surface area contributed by atoms with Crippen molar-refractivity contribution in [2.24, 2.45) is 11.7 Å². The Morgan fingerprint density at radius 3 is 1.47 bits per heavy atom. The minimum absolute atomic E-state index is 0. The molecule has 0 saturated carbocycles. The van der Waals surface area contributed by atoms with Gasteiger partial charge in [-0.25, -0.2) is 22.0 Å². The van der Waals surface area contributed by atoms with Crippen molar-refractivity contribution < 1.29 is 27.1 Å². The van der Waals surface area contributed by atoms with Gasteiger partial charge < -0.3 is 10.8 Å². The van der Waals surface area contributed by atoms with Gasteiger partial charge in [-0.05, 0) is 5.92 Å². The molecule has 0 bridgehead atoms. The summed E-state index contributed by atoms with van der Waals surface area (Å²) in [7, 11) is 0. The molecule has 0 amide bonds. The summed E-state index contributed by atoms with van der Waals surface area (Å²) < 4.78 is 65.4. The molecule has 0 saturated heterocycles. The maximum atomic E-state index is 13.4. The van der Waals surface area contributed by atoms with E-state index in [9.17, 15) is 27.1 Å². The van der Waals surface area contributed by atoms with Gasteiger partial charge in [0.15, 0.2) is 23.3 Å². The molecule has 110 valence electrons. The second kappa shape index (κ2) is 6.49. The molecule has 2 atom stereocenters. The third-order valence-electron chi connectivity index (χ3n) is 2.63. The Morgan fingerprint density at radius 1 is 0.842 bits per heavy atom. The topological polar surface area (TPSA) is 46.2 Å². The van der Waals surface area contributed by atoms with Gasteiger partial charge in [0.1, 0.15) is 0 Å². The average Bonchev–Trinajstić information content (AvgIpc) is 2.32. The van der Waals surface area contributed by atoms with Crippen molar-refractivity contribution >= 4 is 12.4 Å². The Morgan fingerprint density at radius 2 is 1.16 bits per heavy atom. The molecule has 0 aliphatic heterocycles. The van der Waals surface area contributed by atoms with Crippen molar-refractivity contribution in [2.75, 3.05) is 0 Å². The first-order valence-electron chi connectivity index (χ1n) is 5.15. The lowest BCUT2D eigenvalue weighted by Gasteiger charge is -2.23. The fourth-order valence-electron chi connectivity index (χ4n) is 1.50. The lowest BCUT2D eigenvalue weighted by Crippen LogP contribution is -2.32. The van der Waals surface area contributed by atoms with Crippen LogP contribution >= 0.6 is 12.4 Å². The summed E-state index contributed by atoms with van der Waals surface area (Å²) in [5.41, 5.74) is 4.14. The molecule has 19 heavy (non-hydrogen) atoms. The highest BCUT2D eigenvalue weighted by molar-refractivity contribution is 5.85. The summed E-state index contributed by atoms with van der Waals surface area (Å²) in [6.45, 7) is 2.99. The van der Waals surface area contributed by atoms with Crippen molar-refractivity contribution in [3.05, 3.63) is 34.6 Å². The zero-order valence-electron chi connectivity index (χ0n) is 10.1. The second-order valence-electron chi connectivity index (χ2n) is 4.24. The molecule has 1 rings (SSSR count). The van der Waals surface area contributed by atoms with Crippen LogP contribution < -0.4 is 5.73 Å². The molecule has 0 spiro atoms. The monoisotopic (exact) mass is 305 g/mol. The van der Waals surface area contributed by atoms with Crippen LogP contribution in [0.2, 0.25) is 0 Å². The van der Waals surface area contributed by atoms with E-state index in [-0.39, 0.29) is 12.4 Å². The highest BCUT2D eigenvalue weighted by atomic mass is 35.5. The fraction of sp³-hybridized carbons (Fsp3) is 0.455. The number of aliphatic hydroxyl groups is 1. The first-order chi connectivity index (χ1) is 8.20. The van der Waals surface area contributed by atoms with Gasteiger partial charge in [0, 0.05) is 5.56 Å². The molecule has 0 heterocycles. The molecule has 1 aromatic carbocycles. The molecule has 1 aromatic rings. The predicted octanol–water partition coefficient (Wildman–Crippen LogP) is 2.82. The average molecular weight is 306 g/mol. The van der Waals surface area contributed by atoms with Crippen molar-refractivity contribution in [3.8, 4) is 0 Å². The summed E-state index contributed by atoms with van der Waals surface area (Å²) in [4.78, 5) is 0. The summed E-state index contributed by atoms with van der Waals surface area (Å²) >= 11 is 0. The van der Waals surface area contributed by atoms with Gasteiger partial charge in [0.2, 0.25) is 5.82 Å². The SMILES string of the molecule is CC(C)[C@@H](O)[C@@H](N)c1c(F)c(F)c(F)c(F)c1F.Cl. The molecule has 0 aliphatic carbocycles. The van der Waals surface area contributed by atoms with Gasteiger partial charge in [-0.2, -0.15) is 0 Å². The van der Waals surface area contributed by atoms with Gasteiger partial charge in [-0.1, -0.05) is 13.8 Å². The van der Waals surface area contributed by atoms with E-state index in [0.29, 0.717) is 0 Å². The van der Waals surface area contributed by atoms with E-state index < -0.39 is 52.7 Å². The van der Waals surface area contributed by atoms with Crippen LogP contribution in [0.15, 0.2) is 0 Å². The minimum atomic E-state index is -2.25. The van der Waals surface area contributed by atoms with Gasteiger partial charge in [-0.3, -0.25) is 0 Å². The van der Waals surface area contributed by atoms with Crippen LogP contribution in [0.3, 0.4) is 0 Å². The summed E-state index contributed by atoms with van der Waals surface area (Å²) in [5.74, 6) is -10.9. The third-order valence-corrected chi connectivity index (χ3v) is 2.63. The van der Waals surface area contributed by atoms with Crippen LogP contribution in [0.1, 0.15) is 25.5 Å². The van der Waals surface area contributed by atoms with E-state index in [2.05, 4.69) is 0 Å². The Labute approximate surface area is 112 Å². The Balaban J connectivity index is 0.00000324. The van der Waals surface area contributed by atoms with Crippen LogP contribution in [-0.4, -0.2) is 11.2 Å². The molecule has 0 radical (unpaired) electrons. The van der Waals surface area contributed by atoms with Crippen molar-refractivity contribution in [1.82, 2.24) is 0 Å². The summed E-state index contributed by atoms with van der Waals surface area (Å²) in [6, 6.07) is -1.70. The second-order valence-corrected chi connectivity index (χ2v) is 4.24. The van der Waals surface area contributed by atoms with Gasteiger partial charge in [-0.15, -0.1) is 12.4 Å². The van der Waals surface area contributed by atoms with Gasteiger partial charge in [0.05, 0.1) is 12.1 Å². The molecule has 0 aromatic heterocycles. The van der Waals surface area contributed by atoms with E-state index >= 15 is 0 Å². The lowest BCUT2D eigenvalue weighted by molar-refractivity contribution is 0.0942. The number of hydrogen-bond donors (Lipinski definition) is 2. The first-order valence-corrected chi connectivity index (χ1v) is 5.15. The van der Waals surface area contributed by atoms with Crippen LogP contribution in [0.4, 0.5) is 22.0 Å². The van der Waals surface area contributed by atoms with E-state index in [1.807, 2.05) is 0 Å². The molecule has 2 nitrogen and oxygen atoms in total. The normalized spacial score (nSPS) is 14.2. The standard InChI is InChI=1S/C11H12F5NO.ClH/c1-3(2)11(18)10(17)4-5(12)7(14)9(16)8(15)6(4)13;/h3,10-11,18H,17H2,1-2H3;1H/t10-,11+;/m0./s1. The number of halogens is 6. The molecule has 0 unspecified atom stereocenters. The molecule has 0 fully saturated rings. The molecule has 0 aliphatic rings. The van der Waals surface area contributed by atoms with Gasteiger partial charge in [0.25, 0.3) is 0 Å². The Kier molecular flexibility index (Phi) is 6.18. The predicted molar refractivity (Wildman–Crippen MR) is 61.3 cm³/mol. The molecular formula is C11H13ClF5NO. The summed E-state index contributed by atoms with van der Waals surface area (Å²) in [6.07, 6.45) is -1.43. The smallest absolute Gasteiger partial charge is 0.200 e.